The molecule has 2 aromatic carbocycles. The number of nitrogens with zero attached hydrogens (tertiary/aromatic N) is 5. The van der Waals surface area contributed by atoms with Gasteiger partial charge in [0, 0.05) is 43.5 Å². The summed E-state index contributed by atoms with van der Waals surface area (Å²) in [5.41, 5.74) is 4.91. The van der Waals surface area contributed by atoms with Crippen molar-refractivity contribution in [2.24, 2.45) is 10.1 Å². The van der Waals surface area contributed by atoms with Gasteiger partial charge in [-0.25, -0.2) is 14.6 Å². The summed E-state index contributed by atoms with van der Waals surface area (Å²) < 4.78 is 10.8. The van der Waals surface area contributed by atoms with Gasteiger partial charge >= 0.3 is 12.0 Å². The van der Waals surface area contributed by atoms with Gasteiger partial charge in [-0.15, -0.1) is 0 Å². The van der Waals surface area contributed by atoms with Gasteiger partial charge in [-0.2, -0.15) is 5.10 Å². The van der Waals surface area contributed by atoms with Gasteiger partial charge in [-0.3, -0.25) is 9.79 Å². The summed E-state index contributed by atoms with van der Waals surface area (Å²) in [6.45, 7) is 7.42. The maximum atomic E-state index is 13.2. The second kappa shape index (κ2) is 11.9. The summed E-state index contributed by atoms with van der Waals surface area (Å²) >= 11 is 0. The Morgan fingerprint density at radius 1 is 1.07 bits per heavy atom. The van der Waals surface area contributed by atoms with Gasteiger partial charge in [0.25, 0.3) is 5.91 Å². The molecule has 4 aliphatic heterocycles. The van der Waals surface area contributed by atoms with Crippen molar-refractivity contribution in [3.8, 4) is 0 Å². The predicted octanol–water partition coefficient (Wildman–Crippen LogP) is 3.15. The summed E-state index contributed by atoms with van der Waals surface area (Å²) in [5.74, 6) is 0.193. The van der Waals surface area contributed by atoms with E-state index in [-0.39, 0.29) is 30.1 Å². The van der Waals surface area contributed by atoms with Crippen molar-refractivity contribution in [3.63, 3.8) is 0 Å². The van der Waals surface area contributed by atoms with E-state index in [0.717, 1.165) is 35.6 Å². The van der Waals surface area contributed by atoms with Crippen LogP contribution in [0.5, 0.6) is 0 Å². The summed E-state index contributed by atoms with van der Waals surface area (Å²) in [7, 11) is 1.57. The van der Waals surface area contributed by atoms with Crippen LogP contribution in [0.4, 0.5) is 16.2 Å². The van der Waals surface area contributed by atoms with E-state index in [1.54, 1.807) is 29.1 Å². The van der Waals surface area contributed by atoms with Crippen LogP contribution in [0.1, 0.15) is 42.2 Å². The van der Waals surface area contributed by atoms with Gasteiger partial charge in [-0.1, -0.05) is 12.1 Å². The van der Waals surface area contributed by atoms with Crippen LogP contribution in [0.25, 0.3) is 0 Å². The molecular weight excluding hydrogens is 550 g/mol. The minimum atomic E-state index is -0.495. The highest BCUT2D eigenvalue weighted by Crippen LogP contribution is 2.32. The number of aliphatic imine (C=N–C) groups is 1. The smallest absolute Gasteiger partial charge is 0.329 e. The van der Waals surface area contributed by atoms with Gasteiger partial charge in [0.15, 0.2) is 5.84 Å². The number of carbonyl (C=O) groups excluding carboxylic acids is 3. The number of urea groups is 1. The molecule has 0 aromatic heterocycles. The third-order valence-electron chi connectivity index (χ3n) is 8.25. The van der Waals surface area contributed by atoms with Crippen molar-refractivity contribution in [1.82, 2.24) is 15.1 Å². The van der Waals surface area contributed by atoms with Crippen molar-refractivity contribution in [1.29, 1.82) is 0 Å². The summed E-state index contributed by atoms with van der Waals surface area (Å²) in [4.78, 5) is 45.9. The first-order chi connectivity index (χ1) is 20.8. The zero-order valence-electron chi connectivity index (χ0n) is 24.4. The molecule has 3 fully saturated rings. The fourth-order valence-corrected chi connectivity index (χ4v) is 5.76. The number of anilines is 2. The number of ether oxygens (including phenoxy) is 2. The molecule has 3 unspecified atom stereocenters. The van der Waals surface area contributed by atoms with Crippen molar-refractivity contribution in [3.05, 3.63) is 70.9 Å². The van der Waals surface area contributed by atoms with Crippen molar-refractivity contribution in [2.45, 2.75) is 38.5 Å². The molecule has 2 N–H and O–H groups in total. The Bertz CT molecular complexity index is 1500. The van der Waals surface area contributed by atoms with Gasteiger partial charge in [-0.05, 0) is 55.8 Å². The number of hydrogen-bond acceptors (Lipinski definition) is 8. The molecule has 12 heteroatoms. The number of amidine groups is 1. The number of carbonyl (C=O) groups is 3. The lowest BCUT2D eigenvalue weighted by molar-refractivity contribution is -0.149. The molecule has 43 heavy (non-hydrogen) atoms. The highest BCUT2D eigenvalue weighted by Gasteiger charge is 2.48. The Kier molecular flexibility index (Phi) is 7.85. The maximum absolute atomic E-state index is 13.2. The van der Waals surface area contributed by atoms with Crippen LogP contribution in [-0.2, 0) is 14.3 Å². The Labute approximate surface area is 250 Å². The summed E-state index contributed by atoms with van der Waals surface area (Å²) in [5, 5.41) is 11.8. The van der Waals surface area contributed by atoms with Crippen molar-refractivity contribution < 1.29 is 23.9 Å². The van der Waals surface area contributed by atoms with Crippen LogP contribution >= 0.6 is 0 Å². The number of allylic oxidation sites excluding steroid dienone is 1. The molecule has 3 saturated heterocycles. The Hall–Kier alpha value is -4.71. The van der Waals surface area contributed by atoms with Gasteiger partial charge in [0.1, 0.15) is 12.1 Å². The molecule has 12 nitrogen and oxygen atoms in total. The molecule has 2 bridgehead atoms. The molecule has 0 aliphatic carbocycles. The lowest BCUT2D eigenvalue weighted by Gasteiger charge is -2.30. The predicted molar refractivity (Wildman–Crippen MR) is 162 cm³/mol. The van der Waals surface area contributed by atoms with Crippen LogP contribution in [0.2, 0.25) is 0 Å². The number of morpholine rings is 2. The molecule has 0 radical (unpaired) electrons. The maximum Gasteiger partial charge on any atom is 0.329 e. The molecular formula is C31H35N7O5. The molecule has 2 aromatic rings. The Balaban J connectivity index is 1.27. The van der Waals surface area contributed by atoms with Crippen molar-refractivity contribution in [2.75, 3.05) is 50.2 Å². The van der Waals surface area contributed by atoms with Crippen LogP contribution in [0.3, 0.4) is 0 Å². The minimum absolute atomic E-state index is 0.179. The highest BCUT2D eigenvalue weighted by molar-refractivity contribution is 6.26. The van der Waals surface area contributed by atoms with E-state index in [2.05, 4.69) is 22.5 Å². The highest BCUT2D eigenvalue weighted by atomic mass is 16.6. The zero-order chi connectivity index (χ0) is 30.1. The number of esters is 1. The van der Waals surface area contributed by atoms with Gasteiger partial charge < -0.3 is 29.9 Å². The number of benzene rings is 2. The van der Waals surface area contributed by atoms with Crippen LogP contribution in [0, 0.1) is 0 Å². The largest absolute Gasteiger partial charge is 0.459 e. The Morgan fingerprint density at radius 3 is 2.44 bits per heavy atom. The number of hydrazone groups is 1. The molecule has 4 heterocycles. The fourth-order valence-electron chi connectivity index (χ4n) is 5.76. The molecule has 4 aliphatic rings. The first-order valence-electron chi connectivity index (χ1n) is 14.5. The second-order valence-electron chi connectivity index (χ2n) is 10.9. The lowest BCUT2D eigenvalue weighted by Crippen LogP contribution is -2.44. The van der Waals surface area contributed by atoms with Crippen LogP contribution in [-0.4, -0.2) is 91.8 Å². The van der Waals surface area contributed by atoms with Crippen LogP contribution < -0.4 is 15.6 Å². The van der Waals surface area contributed by atoms with E-state index in [9.17, 15) is 14.4 Å². The fraction of sp³-hybridized carbons (Fsp3) is 0.387. The van der Waals surface area contributed by atoms with Gasteiger partial charge in [0.05, 0.1) is 43.3 Å². The number of amides is 3. The van der Waals surface area contributed by atoms with E-state index in [4.69, 9.17) is 19.6 Å². The summed E-state index contributed by atoms with van der Waals surface area (Å²) in [6, 6.07) is 13.8. The van der Waals surface area contributed by atoms with E-state index in [0.29, 0.717) is 43.3 Å². The lowest BCUT2D eigenvalue weighted by atomic mass is 10.1. The number of fused-ring (bicyclic) bond motifs is 2. The first kappa shape index (κ1) is 28.4. The third-order valence-corrected chi connectivity index (χ3v) is 8.25. The third kappa shape index (κ3) is 5.70. The quantitative estimate of drug-likeness (QED) is 0.499. The first-order valence-corrected chi connectivity index (χ1v) is 14.5. The number of hydrogen-bond donors (Lipinski definition) is 2. The Morgan fingerprint density at radius 2 is 1.79 bits per heavy atom. The van der Waals surface area contributed by atoms with E-state index < -0.39 is 6.04 Å². The number of likely N-dealkylation sites (tertiary alicyclic amines) is 1. The molecule has 0 spiro atoms. The molecule has 6 rings (SSSR count). The average molecular weight is 586 g/mol. The molecule has 3 atom stereocenters. The average Bonchev–Trinajstić information content (AvgIpc) is 3.75. The standard InChI is InChI=1S/C31H35N7O5/c1-19(21-4-8-23(9-5-21)35-31(41)32-3)34-28-26(20(2)36-12-14-42-15-13-36)17-33-38(28)24-10-6-22(7-11-24)29(39)37-18-25-16-27(37)30(40)43-25/h4-11,17,19,25,27H,12-16,18H2,1-3H3,(H2,32,35,41)/b26-20+,34-28?. The molecule has 224 valence electrons. The molecule has 3 amide bonds. The topological polar surface area (TPSA) is 128 Å². The van der Waals surface area contributed by atoms with Crippen LogP contribution in [0.15, 0.2) is 69.9 Å². The minimum Gasteiger partial charge on any atom is -0.459 e. The van der Waals surface area contributed by atoms with E-state index in [1.807, 2.05) is 49.5 Å². The monoisotopic (exact) mass is 585 g/mol. The second-order valence-corrected chi connectivity index (χ2v) is 10.9. The number of nitrogens with one attached hydrogen (secondary N) is 2. The SMILES string of the molecule is CNC(=O)Nc1ccc(C(C)N=C2/C(=C(\C)N3CCOCC3)C=NN2c2ccc(C(=O)N3CC4CC3C(=O)O4)cc2)cc1. The summed E-state index contributed by atoms with van der Waals surface area (Å²) in [6.07, 6.45) is 2.19. The number of rotatable bonds is 6. The zero-order valence-corrected chi connectivity index (χ0v) is 24.4. The van der Waals surface area contributed by atoms with E-state index in [1.165, 1.54) is 0 Å². The van der Waals surface area contributed by atoms with Gasteiger partial charge in [0.2, 0.25) is 0 Å². The van der Waals surface area contributed by atoms with Crippen molar-refractivity contribution >= 4 is 41.3 Å². The van der Waals surface area contributed by atoms with E-state index >= 15 is 0 Å². The molecule has 0 saturated carbocycles. The normalized spacial score (nSPS) is 23.9.